The van der Waals surface area contributed by atoms with E-state index in [0.29, 0.717) is 22.3 Å². The fraction of sp³-hybridized carbons (Fsp3) is 0.471. The molecule has 25 heavy (non-hydrogen) atoms. The predicted octanol–water partition coefficient (Wildman–Crippen LogP) is 1.84. The molecule has 1 aliphatic rings. The van der Waals surface area contributed by atoms with E-state index in [4.69, 9.17) is 11.6 Å². The molecule has 0 aliphatic carbocycles. The highest BCUT2D eigenvalue weighted by Gasteiger charge is 2.25. The zero-order valence-electron chi connectivity index (χ0n) is 13.9. The number of nitrogens with zero attached hydrogens (tertiary/aromatic N) is 2. The molecule has 1 saturated heterocycles. The van der Waals surface area contributed by atoms with Gasteiger partial charge in [0.05, 0.1) is 34.9 Å². The number of halogens is 1. The van der Waals surface area contributed by atoms with Crippen molar-refractivity contribution in [2.24, 2.45) is 0 Å². The van der Waals surface area contributed by atoms with Gasteiger partial charge in [-0.1, -0.05) is 11.6 Å². The molecule has 2 aromatic rings. The molecule has 1 aromatic carbocycles. The number of rotatable bonds is 5. The second-order valence-electron chi connectivity index (χ2n) is 6.19. The minimum absolute atomic E-state index is 0.0609. The van der Waals surface area contributed by atoms with Crippen LogP contribution >= 0.6 is 23.4 Å². The second kappa shape index (κ2) is 7.86. The maximum absolute atomic E-state index is 12.6. The van der Waals surface area contributed by atoms with Crippen LogP contribution in [0.15, 0.2) is 28.2 Å². The van der Waals surface area contributed by atoms with Gasteiger partial charge in [0.25, 0.3) is 5.56 Å². The third-order valence-electron chi connectivity index (χ3n) is 4.44. The van der Waals surface area contributed by atoms with Gasteiger partial charge in [-0.2, -0.15) is 0 Å². The maximum atomic E-state index is 12.6. The summed E-state index contributed by atoms with van der Waals surface area (Å²) < 4.78 is 1.30. The summed E-state index contributed by atoms with van der Waals surface area (Å²) in [6, 6.07) is 3.13. The SMILES string of the molecule is CSc1cc2ncn(CC(=O)C[C@@H]3NCCC[C@H]3O)c(=O)c2cc1Cl. The molecule has 2 atom stereocenters. The number of aliphatic hydroxyl groups excluding tert-OH is 1. The molecule has 0 radical (unpaired) electrons. The number of carbonyl (C=O) groups excluding carboxylic acids is 1. The van der Waals surface area contributed by atoms with Crippen LogP contribution in [0, 0.1) is 0 Å². The van der Waals surface area contributed by atoms with Crippen molar-refractivity contribution in [1.29, 1.82) is 0 Å². The monoisotopic (exact) mass is 381 g/mol. The first-order valence-corrected chi connectivity index (χ1v) is 9.75. The first-order valence-electron chi connectivity index (χ1n) is 8.15. The van der Waals surface area contributed by atoms with Gasteiger partial charge in [0.15, 0.2) is 5.78 Å². The van der Waals surface area contributed by atoms with E-state index in [0.717, 1.165) is 17.9 Å². The van der Waals surface area contributed by atoms with Gasteiger partial charge in [0.2, 0.25) is 0 Å². The van der Waals surface area contributed by atoms with Crippen LogP contribution in [0.3, 0.4) is 0 Å². The number of piperidine rings is 1. The molecule has 0 bridgehead atoms. The molecule has 134 valence electrons. The Morgan fingerprint density at radius 3 is 3.04 bits per heavy atom. The molecule has 2 N–H and O–H groups in total. The van der Waals surface area contributed by atoms with Crippen molar-refractivity contribution in [2.75, 3.05) is 12.8 Å². The lowest BCUT2D eigenvalue weighted by atomic mass is 9.97. The van der Waals surface area contributed by atoms with Crippen molar-refractivity contribution in [1.82, 2.24) is 14.9 Å². The average molecular weight is 382 g/mol. The van der Waals surface area contributed by atoms with E-state index in [-0.39, 0.29) is 30.3 Å². The summed E-state index contributed by atoms with van der Waals surface area (Å²) in [5.41, 5.74) is 0.275. The molecule has 1 aromatic heterocycles. The number of hydrogen-bond acceptors (Lipinski definition) is 6. The third kappa shape index (κ3) is 4.06. The number of thioether (sulfide) groups is 1. The number of carbonyl (C=O) groups is 1. The Bertz CT molecular complexity index is 855. The van der Waals surface area contributed by atoms with Crippen molar-refractivity contribution in [3.8, 4) is 0 Å². The number of aromatic nitrogens is 2. The van der Waals surface area contributed by atoms with E-state index in [2.05, 4.69) is 10.3 Å². The van der Waals surface area contributed by atoms with E-state index in [1.807, 2.05) is 6.26 Å². The highest BCUT2D eigenvalue weighted by molar-refractivity contribution is 7.98. The number of aliphatic hydroxyl groups is 1. The Hall–Kier alpha value is -1.41. The molecular formula is C17H20ClN3O3S. The summed E-state index contributed by atoms with van der Waals surface area (Å²) in [6.45, 7) is 0.733. The molecule has 0 amide bonds. The van der Waals surface area contributed by atoms with Crippen LogP contribution in [0.25, 0.3) is 10.9 Å². The summed E-state index contributed by atoms with van der Waals surface area (Å²) in [6.07, 6.45) is 4.56. The average Bonchev–Trinajstić information content (AvgIpc) is 2.59. The number of nitrogens with one attached hydrogen (secondary N) is 1. The van der Waals surface area contributed by atoms with Gasteiger partial charge >= 0.3 is 0 Å². The Morgan fingerprint density at radius 1 is 1.52 bits per heavy atom. The first-order chi connectivity index (χ1) is 12.0. The lowest BCUT2D eigenvalue weighted by Gasteiger charge is -2.28. The lowest BCUT2D eigenvalue weighted by Crippen LogP contribution is -2.46. The van der Waals surface area contributed by atoms with Crippen LogP contribution in [0.1, 0.15) is 19.3 Å². The number of hydrogen-bond donors (Lipinski definition) is 2. The Kier molecular flexibility index (Phi) is 5.78. The van der Waals surface area contributed by atoms with E-state index >= 15 is 0 Å². The smallest absolute Gasteiger partial charge is 0.261 e. The van der Waals surface area contributed by atoms with Gasteiger partial charge in [-0.25, -0.2) is 4.98 Å². The quantitative estimate of drug-likeness (QED) is 0.769. The van der Waals surface area contributed by atoms with Gasteiger partial charge in [0.1, 0.15) is 0 Å². The molecule has 6 nitrogen and oxygen atoms in total. The van der Waals surface area contributed by atoms with E-state index in [1.165, 1.54) is 22.7 Å². The van der Waals surface area contributed by atoms with Crippen LogP contribution in [0.2, 0.25) is 5.02 Å². The summed E-state index contributed by atoms with van der Waals surface area (Å²) in [7, 11) is 0. The van der Waals surface area contributed by atoms with Gasteiger partial charge < -0.3 is 10.4 Å². The topological polar surface area (TPSA) is 84.2 Å². The minimum atomic E-state index is -0.520. The van der Waals surface area contributed by atoms with Gasteiger partial charge in [-0.05, 0) is 37.8 Å². The van der Waals surface area contributed by atoms with Crippen LogP contribution in [-0.4, -0.2) is 45.4 Å². The van der Waals surface area contributed by atoms with E-state index < -0.39 is 6.10 Å². The van der Waals surface area contributed by atoms with Crippen molar-refractivity contribution < 1.29 is 9.90 Å². The summed E-state index contributed by atoms with van der Waals surface area (Å²) >= 11 is 7.66. The second-order valence-corrected chi connectivity index (χ2v) is 7.45. The zero-order valence-corrected chi connectivity index (χ0v) is 15.4. The molecule has 2 heterocycles. The van der Waals surface area contributed by atoms with Crippen LogP contribution in [-0.2, 0) is 11.3 Å². The van der Waals surface area contributed by atoms with Crippen molar-refractivity contribution in [3.63, 3.8) is 0 Å². The van der Waals surface area contributed by atoms with Gasteiger partial charge in [-0.15, -0.1) is 11.8 Å². The third-order valence-corrected chi connectivity index (χ3v) is 5.64. The largest absolute Gasteiger partial charge is 0.391 e. The fourth-order valence-electron chi connectivity index (χ4n) is 3.07. The summed E-state index contributed by atoms with van der Waals surface area (Å²) in [4.78, 5) is 30.1. The lowest BCUT2D eigenvalue weighted by molar-refractivity contribution is -0.121. The molecule has 1 aliphatic heterocycles. The molecule has 0 saturated carbocycles. The molecule has 0 spiro atoms. The number of benzene rings is 1. The number of Topliss-reactive ketones (excluding diaryl/α,β-unsaturated/α-hetero) is 1. The molecular weight excluding hydrogens is 362 g/mol. The Labute approximate surface area is 154 Å². The molecule has 3 rings (SSSR count). The van der Waals surface area contributed by atoms with E-state index in [9.17, 15) is 14.7 Å². The standard InChI is InChI=1S/C17H20ClN3O3S/c1-25-16-7-13-11(6-12(16)18)17(24)21(9-20-13)8-10(22)5-14-15(23)3-2-4-19-14/h6-7,9,14-15,19,23H,2-5,8H2,1H3/t14-,15+/m0/s1. The normalized spacial score (nSPS) is 20.8. The summed E-state index contributed by atoms with van der Waals surface area (Å²) in [5.74, 6) is -0.117. The van der Waals surface area contributed by atoms with Crippen LogP contribution < -0.4 is 10.9 Å². The minimum Gasteiger partial charge on any atom is -0.391 e. The molecule has 0 unspecified atom stereocenters. The van der Waals surface area contributed by atoms with E-state index in [1.54, 1.807) is 12.1 Å². The Morgan fingerprint density at radius 2 is 2.32 bits per heavy atom. The molecule has 8 heteroatoms. The predicted molar refractivity (Wildman–Crippen MR) is 99.4 cm³/mol. The van der Waals surface area contributed by atoms with Crippen molar-refractivity contribution >= 4 is 40.0 Å². The zero-order chi connectivity index (χ0) is 18.0. The first kappa shape index (κ1) is 18.4. The van der Waals surface area contributed by atoms with Crippen molar-refractivity contribution in [3.05, 3.63) is 33.8 Å². The number of ketones is 1. The fourth-order valence-corrected chi connectivity index (χ4v) is 3.95. The maximum Gasteiger partial charge on any atom is 0.261 e. The van der Waals surface area contributed by atoms with Crippen LogP contribution in [0.5, 0.6) is 0 Å². The molecule has 1 fully saturated rings. The van der Waals surface area contributed by atoms with Gasteiger partial charge in [0, 0.05) is 17.4 Å². The highest BCUT2D eigenvalue weighted by atomic mass is 35.5. The van der Waals surface area contributed by atoms with Crippen molar-refractivity contribution in [2.45, 2.75) is 42.8 Å². The Balaban J connectivity index is 1.80. The van der Waals surface area contributed by atoms with Gasteiger partial charge in [-0.3, -0.25) is 14.2 Å². The number of fused-ring (bicyclic) bond motifs is 1. The summed E-state index contributed by atoms with van der Waals surface area (Å²) in [5, 5.41) is 14.0. The highest BCUT2D eigenvalue weighted by Crippen LogP contribution is 2.28. The van der Waals surface area contributed by atoms with Crippen LogP contribution in [0.4, 0.5) is 0 Å².